The fourth-order valence-electron chi connectivity index (χ4n) is 8.19. The molecule has 1 fully saturated rings. The standard InChI is InChI=1S/C46H62N2O2/c1-10-12-14-35-26-39(30(5)24-44(35)49-37-16-18-42(47)32(7)22-37)41-27-34(29(3)4)20-21-46(41,9)40-28-36(15-13-11-2)45(25-31(40)6)50-38-17-19-43(48)33(8)23-38/h16-19,22-26,28-29,34,41H,10-15,20-21,27,47-48H2,1-9H3. The van der Waals surface area contributed by atoms with E-state index >= 15 is 0 Å². The van der Waals surface area contributed by atoms with E-state index in [2.05, 4.69) is 72.7 Å². The van der Waals surface area contributed by atoms with Crippen molar-refractivity contribution in [3.63, 3.8) is 0 Å². The van der Waals surface area contributed by atoms with E-state index in [0.717, 1.165) is 84.0 Å². The lowest BCUT2D eigenvalue weighted by atomic mass is 9.56. The van der Waals surface area contributed by atoms with Crippen LogP contribution in [0.5, 0.6) is 23.0 Å². The molecule has 5 rings (SSSR count). The highest BCUT2D eigenvalue weighted by molar-refractivity contribution is 5.55. The lowest BCUT2D eigenvalue weighted by molar-refractivity contribution is 0.171. The third-order valence-electron chi connectivity index (χ3n) is 11.7. The zero-order valence-electron chi connectivity index (χ0n) is 32.3. The fraction of sp³-hybridized carbons (Fsp3) is 0.478. The Morgan fingerprint density at radius 2 is 1.22 bits per heavy atom. The maximum atomic E-state index is 6.63. The number of rotatable bonds is 13. The van der Waals surface area contributed by atoms with Gasteiger partial charge in [0, 0.05) is 11.4 Å². The van der Waals surface area contributed by atoms with Gasteiger partial charge in [-0.3, -0.25) is 0 Å². The van der Waals surface area contributed by atoms with E-state index in [1.165, 1.54) is 52.6 Å². The molecule has 50 heavy (non-hydrogen) atoms. The Bertz CT molecular complexity index is 1790. The van der Waals surface area contributed by atoms with E-state index in [4.69, 9.17) is 20.9 Å². The Hall–Kier alpha value is -3.92. The van der Waals surface area contributed by atoms with Gasteiger partial charge in [-0.15, -0.1) is 0 Å². The van der Waals surface area contributed by atoms with Crippen LogP contribution in [0, 0.1) is 39.5 Å². The summed E-state index contributed by atoms with van der Waals surface area (Å²) < 4.78 is 13.3. The van der Waals surface area contributed by atoms with Crippen LogP contribution < -0.4 is 20.9 Å². The van der Waals surface area contributed by atoms with Crippen LogP contribution in [-0.2, 0) is 18.3 Å². The number of aryl methyl sites for hydroxylation is 6. The molecule has 268 valence electrons. The van der Waals surface area contributed by atoms with E-state index in [-0.39, 0.29) is 5.41 Å². The van der Waals surface area contributed by atoms with Gasteiger partial charge in [-0.1, -0.05) is 59.6 Å². The average molecular weight is 675 g/mol. The van der Waals surface area contributed by atoms with Gasteiger partial charge in [-0.2, -0.15) is 0 Å². The molecule has 0 radical (unpaired) electrons. The lowest BCUT2D eigenvalue weighted by Gasteiger charge is -2.48. The minimum atomic E-state index is -0.0179. The fourth-order valence-corrected chi connectivity index (χ4v) is 8.19. The molecule has 0 heterocycles. The van der Waals surface area contributed by atoms with E-state index in [1.54, 1.807) is 0 Å². The maximum Gasteiger partial charge on any atom is 0.130 e. The van der Waals surface area contributed by atoms with Crippen LogP contribution in [-0.4, -0.2) is 0 Å². The van der Waals surface area contributed by atoms with Gasteiger partial charge < -0.3 is 20.9 Å². The van der Waals surface area contributed by atoms with Crippen molar-refractivity contribution in [3.8, 4) is 23.0 Å². The average Bonchev–Trinajstić information content (AvgIpc) is 3.07. The quantitative estimate of drug-likeness (QED) is 0.138. The Balaban J connectivity index is 1.61. The van der Waals surface area contributed by atoms with Crippen molar-refractivity contribution in [2.24, 2.45) is 11.8 Å². The zero-order chi connectivity index (χ0) is 36.2. The van der Waals surface area contributed by atoms with Crippen molar-refractivity contribution >= 4 is 11.4 Å². The van der Waals surface area contributed by atoms with E-state index < -0.39 is 0 Å². The summed E-state index contributed by atoms with van der Waals surface area (Å²) in [7, 11) is 0. The summed E-state index contributed by atoms with van der Waals surface area (Å²) in [5, 5.41) is 0. The molecule has 3 unspecified atom stereocenters. The largest absolute Gasteiger partial charge is 0.457 e. The van der Waals surface area contributed by atoms with Crippen molar-refractivity contribution in [2.45, 2.75) is 131 Å². The third kappa shape index (κ3) is 8.17. The highest BCUT2D eigenvalue weighted by Crippen LogP contribution is 2.55. The van der Waals surface area contributed by atoms with Crippen LogP contribution in [0.4, 0.5) is 11.4 Å². The third-order valence-corrected chi connectivity index (χ3v) is 11.7. The van der Waals surface area contributed by atoms with E-state index in [1.807, 2.05) is 50.2 Å². The molecule has 0 aliphatic heterocycles. The molecule has 0 amide bonds. The number of benzene rings is 4. The Morgan fingerprint density at radius 1 is 0.700 bits per heavy atom. The first-order chi connectivity index (χ1) is 23.8. The zero-order valence-corrected chi connectivity index (χ0v) is 32.3. The number of nitrogen functional groups attached to an aromatic ring is 2. The first-order valence-electron chi connectivity index (χ1n) is 19.2. The van der Waals surface area contributed by atoms with Crippen molar-refractivity contribution in [1.82, 2.24) is 0 Å². The van der Waals surface area contributed by atoms with Gasteiger partial charge in [0.1, 0.15) is 23.0 Å². The SMILES string of the molecule is CCCCc1cc(C2CC(C(C)C)CCC2(C)c2cc(CCCC)c(Oc3ccc(N)c(C)c3)cc2C)c(C)cc1Oc1ccc(N)c(C)c1. The number of anilines is 2. The van der Waals surface area contributed by atoms with Gasteiger partial charge in [-0.05, 0) is 189 Å². The molecule has 4 aromatic carbocycles. The molecule has 1 aliphatic carbocycles. The molecule has 0 aromatic heterocycles. The Kier molecular flexibility index (Phi) is 11.9. The van der Waals surface area contributed by atoms with Crippen LogP contribution in [0.2, 0.25) is 0 Å². The predicted molar refractivity (Wildman–Crippen MR) is 213 cm³/mol. The van der Waals surface area contributed by atoms with Crippen LogP contribution in [0.15, 0.2) is 60.7 Å². The first-order valence-corrected chi connectivity index (χ1v) is 19.2. The summed E-state index contributed by atoms with van der Waals surface area (Å²) in [5.41, 5.74) is 24.1. The number of ether oxygens (including phenoxy) is 2. The van der Waals surface area contributed by atoms with Crippen LogP contribution >= 0.6 is 0 Å². The molecular formula is C46H62N2O2. The van der Waals surface area contributed by atoms with Crippen LogP contribution in [0.1, 0.15) is 130 Å². The Morgan fingerprint density at radius 3 is 1.72 bits per heavy atom. The second-order valence-electron chi connectivity index (χ2n) is 15.8. The molecule has 1 saturated carbocycles. The van der Waals surface area contributed by atoms with Gasteiger partial charge in [0.05, 0.1) is 0 Å². The summed E-state index contributed by atoms with van der Waals surface area (Å²) in [6.45, 7) is 20.6. The van der Waals surface area contributed by atoms with Crippen LogP contribution in [0.3, 0.4) is 0 Å². The number of nitrogens with two attached hydrogens (primary N) is 2. The molecular weight excluding hydrogens is 613 g/mol. The minimum Gasteiger partial charge on any atom is -0.457 e. The molecule has 3 atom stereocenters. The summed E-state index contributed by atoms with van der Waals surface area (Å²) >= 11 is 0. The van der Waals surface area contributed by atoms with Gasteiger partial charge in [0.25, 0.3) is 0 Å². The smallest absolute Gasteiger partial charge is 0.130 e. The van der Waals surface area contributed by atoms with Crippen molar-refractivity contribution < 1.29 is 9.47 Å². The summed E-state index contributed by atoms with van der Waals surface area (Å²) in [5.74, 6) is 5.36. The highest BCUT2D eigenvalue weighted by Gasteiger charge is 2.44. The minimum absolute atomic E-state index is 0.0179. The maximum absolute atomic E-state index is 6.63. The predicted octanol–water partition coefficient (Wildman–Crippen LogP) is 12.9. The van der Waals surface area contributed by atoms with Crippen LogP contribution in [0.25, 0.3) is 0 Å². The molecule has 1 aliphatic rings. The Labute approximate surface area is 303 Å². The molecule has 4 nitrogen and oxygen atoms in total. The molecule has 4 heteroatoms. The monoisotopic (exact) mass is 674 g/mol. The second kappa shape index (κ2) is 16.0. The van der Waals surface area contributed by atoms with Crippen molar-refractivity contribution in [1.29, 1.82) is 0 Å². The molecule has 0 saturated heterocycles. The molecule has 0 spiro atoms. The highest BCUT2D eigenvalue weighted by atomic mass is 16.5. The number of unbranched alkanes of at least 4 members (excludes halogenated alkanes) is 2. The van der Waals surface area contributed by atoms with Gasteiger partial charge in [0.15, 0.2) is 0 Å². The van der Waals surface area contributed by atoms with Gasteiger partial charge in [0.2, 0.25) is 0 Å². The van der Waals surface area contributed by atoms with Gasteiger partial charge in [-0.25, -0.2) is 0 Å². The van der Waals surface area contributed by atoms with Gasteiger partial charge >= 0.3 is 0 Å². The lowest BCUT2D eigenvalue weighted by Crippen LogP contribution is -2.39. The number of hydrogen-bond acceptors (Lipinski definition) is 4. The normalized spacial score (nSPS) is 19.2. The summed E-state index contributed by atoms with van der Waals surface area (Å²) in [4.78, 5) is 0. The van der Waals surface area contributed by atoms with E-state index in [9.17, 15) is 0 Å². The second-order valence-corrected chi connectivity index (χ2v) is 15.8. The molecule has 4 N–H and O–H groups in total. The molecule has 4 aromatic rings. The van der Waals surface area contributed by atoms with Crippen molar-refractivity contribution in [2.75, 3.05) is 11.5 Å². The summed E-state index contributed by atoms with van der Waals surface area (Å²) in [6, 6.07) is 21.6. The number of hydrogen-bond donors (Lipinski definition) is 2. The summed E-state index contributed by atoms with van der Waals surface area (Å²) in [6.07, 6.45) is 10.1. The molecule has 0 bridgehead atoms. The van der Waals surface area contributed by atoms with Crippen molar-refractivity contribution in [3.05, 3.63) is 105 Å². The van der Waals surface area contributed by atoms with E-state index in [0.29, 0.717) is 17.8 Å². The first kappa shape index (κ1) is 37.3. The topological polar surface area (TPSA) is 70.5 Å².